The van der Waals surface area contributed by atoms with Crippen molar-refractivity contribution in [2.24, 2.45) is 0 Å². The van der Waals surface area contributed by atoms with E-state index in [4.69, 9.17) is 9.47 Å². The molecule has 2 amide bonds. The molecule has 0 saturated carbocycles. The molecule has 2 unspecified atom stereocenters. The summed E-state index contributed by atoms with van der Waals surface area (Å²) in [5.74, 6) is -0.439. The van der Waals surface area contributed by atoms with Crippen molar-refractivity contribution < 1.29 is 19.1 Å². The van der Waals surface area contributed by atoms with Crippen molar-refractivity contribution in [2.45, 2.75) is 38.3 Å². The first kappa shape index (κ1) is 19.4. The van der Waals surface area contributed by atoms with Crippen LogP contribution in [0.15, 0.2) is 15.9 Å². The van der Waals surface area contributed by atoms with E-state index in [2.05, 4.69) is 26.6 Å². The molecule has 0 aromatic carbocycles. The standard InChI is InChI=1S/C16H23BrN2O4S/c1-11(19-16(21)13-5-6-14(17)24-13)15(20)18-7-3-8-22-10-12-4-2-9-23-12/h5-6,11-12H,2-4,7-10H2,1H3,(H,18,20)(H,19,21). The third kappa shape index (κ3) is 6.51. The first-order valence-electron chi connectivity index (χ1n) is 8.09. The minimum Gasteiger partial charge on any atom is -0.379 e. The lowest BCUT2D eigenvalue weighted by atomic mass is 10.2. The second-order valence-electron chi connectivity index (χ2n) is 5.65. The number of hydrogen-bond donors (Lipinski definition) is 2. The fourth-order valence-electron chi connectivity index (χ4n) is 2.30. The summed E-state index contributed by atoms with van der Waals surface area (Å²) in [5, 5.41) is 5.49. The first-order valence-corrected chi connectivity index (χ1v) is 9.70. The van der Waals surface area contributed by atoms with Crippen molar-refractivity contribution in [3.05, 3.63) is 20.8 Å². The van der Waals surface area contributed by atoms with Crippen LogP contribution in [0.3, 0.4) is 0 Å². The lowest BCUT2D eigenvalue weighted by Crippen LogP contribution is -2.45. The number of halogens is 1. The van der Waals surface area contributed by atoms with Crippen LogP contribution in [0.2, 0.25) is 0 Å². The van der Waals surface area contributed by atoms with E-state index in [1.807, 2.05) is 0 Å². The Kier molecular flexibility index (Phi) is 8.17. The highest BCUT2D eigenvalue weighted by Crippen LogP contribution is 2.21. The van der Waals surface area contributed by atoms with E-state index in [1.54, 1.807) is 19.1 Å². The molecule has 1 aromatic heterocycles. The second kappa shape index (κ2) is 10.1. The van der Waals surface area contributed by atoms with Crippen molar-refractivity contribution in [1.29, 1.82) is 0 Å². The largest absolute Gasteiger partial charge is 0.379 e. The van der Waals surface area contributed by atoms with Crippen LogP contribution in [0, 0.1) is 0 Å². The third-order valence-corrected chi connectivity index (χ3v) is 5.25. The van der Waals surface area contributed by atoms with E-state index in [1.165, 1.54) is 11.3 Å². The van der Waals surface area contributed by atoms with E-state index in [9.17, 15) is 9.59 Å². The molecule has 0 aliphatic carbocycles. The summed E-state index contributed by atoms with van der Waals surface area (Å²) in [5.41, 5.74) is 0. The van der Waals surface area contributed by atoms with Crippen LogP contribution in [-0.2, 0) is 14.3 Å². The van der Waals surface area contributed by atoms with Gasteiger partial charge in [-0.3, -0.25) is 9.59 Å². The van der Waals surface area contributed by atoms with Crippen LogP contribution < -0.4 is 10.6 Å². The van der Waals surface area contributed by atoms with Gasteiger partial charge >= 0.3 is 0 Å². The highest BCUT2D eigenvalue weighted by Gasteiger charge is 2.17. The van der Waals surface area contributed by atoms with Gasteiger partial charge in [0.25, 0.3) is 5.91 Å². The number of thiophene rings is 1. The number of ether oxygens (including phenoxy) is 2. The molecule has 2 atom stereocenters. The molecule has 1 aliphatic rings. The molecule has 2 N–H and O–H groups in total. The summed E-state index contributed by atoms with van der Waals surface area (Å²) in [6.07, 6.45) is 3.13. The number of carbonyl (C=O) groups is 2. The Morgan fingerprint density at radius 2 is 2.33 bits per heavy atom. The molecule has 8 heteroatoms. The van der Waals surface area contributed by atoms with Gasteiger partial charge in [0.05, 0.1) is 21.4 Å². The molecule has 6 nitrogen and oxygen atoms in total. The summed E-state index contributed by atoms with van der Waals surface area (Å²) in [6.45, 7) is 4.23. The number of hydrogen-bond acceptors (Lipinski definition) is 5. The van der Waals surface area contributed by atoms with Gasteiger partial charge < -0.3 is 20.1 Å². The summed E-state index contributed by atoms with van der Waals surface area (Å²) >= 11 is 4.64. The Hall–Kier alpha value is -0.960. The van der Waals surface area contributed by atoms with Gasteiger partial charge in [0.1, 0.15) is 6.04 Å². The van der Waals surface area contributed by atoms with Crippen LogP contribution in [0.5, 0.6) is 0 Å². The van der Waals surface area contributed by atoms with Crippen LogP contribution in [-0.4, -0.2) is 50.3 Å². The van der Waals surface area contributed by atoms with Crippen molar-refractivity contribution in [3.8, 4) is 0 Å². The van der Waals surface area contributed by atoms with Crippen molar-refractivity contribution >= 4 is 39.1 Å². The smallest absolute Gasteiger partial charge is 0.262 e. The average molecular weight is 419 g/mol. The molecular formula is C16H23BrN2O4S. The van der Waals surface area contributed by atoms with Gasteiger partial charge in [-0.05, 0) is 54.2 Å². The molecule has 1 aromatic rings. The highest BCUT2D eigenvalue weighted by molar-refractivity contribution is 9.11. The fourth-order valence-corrected chi connectivity index (χ4v) is 3.59. The zero-order valence-electron chi connectivity index (χ0n) is 13.7. The van der Waals surface area contributed by atoms with E-state index in [-0.39, 0.29) is 17.9 Å². The lowest BCUT2D eigenvalue weighted by Gasteiger charge is -2.14. The van der Waals surface area contributed by atoms with E-state index in [0.717, 1.165) is 29.7 Å². The predicted molar refractivity (Wildman–Crippen MR) is 96.4 cm³/mol. The van der Waals surface area contributed by atoms with Gasteiger partial charge in [-0.25, -0.2) is 0 Å². The lowest BCUT2D eigenvalue weighted by molar-refractivity contribution is -0.122. The predicted octanol–water partition coefficient (Wildman–Crippen LogP) is 2.33. The van der Waals surface area contributed by atoms with Gasteiger partial charge in [-0.2, -0.15) is 0 Å². The van der Waals surface area contributed by atoms with Crippen LogP contribution in [0.4, 0.5) is 0 Å². The maximum absolute atomic E-state index is 12.0. The highest BCUT2D eigenvalue weighted by atomic mass is 79.9. The number of amides is 2. The van der Waals surface area contributed by atoms with Gasteiger partial charge in [0.15, 0.2) is 0 Å². The molecule has 0 bridgehead atoms. The Bertz CT molecular complexity index is 546. The number of carbonyl (C=O) groups excluding carboxylic acids is 2. The topological polar surface area (TPSA) is 76.7 Å². The first-order chi connectivity index (χ1) is 11.6. The summed E-state index contributed by atoms with van der Waals surface area (Å²) in [7, 11) is 0. The Morgan fingerprint density at radius 3 is 3.00 bits per heavy atom. The number of nitrogens with one attached hydrogen (secondary N) is 2. The Labute approximate surface area is 154 Å². The van der Waals surface area contributed by atoms with E-state index < -0.39 is 6.04 Å². The molecule has 1 fully saturated rings. The Balaban J connectivity index is 1.55. The molecule has 0 spiro atoms. The van der Waals surface area contributed by atoms with Gasteiger partial charge in [-0.15, -0.1) is 11.3 Å². The molecule has 134 valence electrons. The van der Waals surface area contributed by atoms with E-state index >= 15 is 0 Å². The molecule has 2 rings (SSSR count). The minimum absolute atomic E-state index is 0.196. The van der Waals surface area contributed by atoms with Gasteiger partial charge in [0, 0.05) is 19.8 Å². The normalized spacial score (nSPS) is 18.3. The van der Waals surface area contributed by atoms with Gasteiger partial charge in [0.2, 0.25) is 5.91 Å². The van der Waals surface area contributed by atoms with Crippen LogP contribution in [0.1, 0.15) is 35.9 Å². The molecule has 2 heterocycles. The SMILES string of the molecule is CC(NC(=O)c1ccc(Br)s1)C(=O)NCCCOCC1CCCO1. The van der Waals surface area contributed by atoms with Gasteiger partial charge in [-0.1, -0.05) is 0 Å². The number of rotatable bonds is 9. The third-order valence-electron chi connectivity index (χ3n) is 3.63. The average Bonchev–Trinajstić information content (AvgIpc) is 3.21. The van der Waals surface area contributed by atoms with Crippen molar-refractivity contribution in [1.82, 2.24) is 10.6 Å². The summed E-state index contributed by atoms with van der Waals surface area (Å²) in [4.78, 5) is 24.5. The second-order valence-corrected chi connectivity index (χ2v) is 8.12. The molecule has 1 saturated heterocycles. The molecule has 24 heavy (non-hydrogen) atoms. The maximum atomic E-state index is 12.0. The van der Waals surface area contributed by atoms with Crippen molar-refractivity contribution in [3.63, 3.8) is 0 Å². The summed E-state index contributed by atoms with van der Waals surface area (Å²) in [6, 6.07) is 2.95. The molecule has 1 aliphatic heterocycles. The Morgan fingerprint density at radius 1 is 1.50 bits per heavy atom. The monoisotopic (exact) mass is 418 g/mol. The van der Waals surface area contributed by atoms with Crippen LogP contribution >= 0.6 is 27.3 Å². The zero-order chi connectivity index (χ0) is 17.4. The zero-order valence-corrected chi connectivity index (χ0v) is 16.1. The summed E-state index contributed by atoms with van der Waals surface area (Å²) < 4.78 is 11.9. The minimum atomic E-state index is -0.578. The van der Waals surface area contributed by atoms with E-state index in [0.29, 0.717) is 24.6 Å². The maximum Gasteiger partial charge on any atom is 0.262 e. The quantitative estimate of drug-likeness (QED) is 0.603. The molecular weight excluding hydrogens is 396 g/mol. The van der Waals surface area contributed by atoms with Crippen molar-refractivity contribution in [2.75, 3.05) is 26.4 Å². The molecule has 0 radical (unpaired) electrons. The fraction of sp³-hybridized carbons (Fsp3) is 0.625. The van der Waals surface area contributed by atoms with Crippen LogP contribution in [0.25, 0.3) is 0 Å².